The van der Waals surface area contributed by atoms with E-state index in [9.17, 15) is 8.42 Å². The quantitative estimate of drug-likeness (QED) is 0.910. The average Bonchev–Trinajstić information content (AvgIpc) is 2.82. The van der Waals surface area contributed by atoms with Crippen molar-refractivity contribution in [2.45, 2.75) is 30.5 Å². The van der Waals surface area contributed by atoms with Crippen molar-refractivity contribution < 1.29 is 8.42 Å². The van der Waals surface area contributed by atoms with Gasteiger partial charge in [0.15, 0.2) is 14.3 Å². The summed E-state index contributed by atoms with van der Waals surface area (Å²) >= 11 is 7.17. The first-order valence-electron chi connectivity index (χ1n) is 6.07. The molecular formula is C13H15ClN2O2S2. The van der Waals surface area contributed by atoms with E-state index in [-0.39, 0.29) is 0 Å². The summed E-state index contributed by atoms with van der Waals surface area (Å²) in [5, 5.41) is 2.78. The lowest BCUT2D eigenvalue weighted by Gasteiger charge is -2.09. The predicted molar refractivity (Wildman–Crippen MR) is 83.2 cm³/mol. The molecule has 0 atom stereocenters. The van der Waals surface area contributed by atoms with Gasteiger partial charge in [0, 0.05) is 16.8 Å². The third kappa shape index (κ3) is 3.50. The minimum Gasteiger partial charge on any atom is -0.380 e. The second kappa shape index (κ2) is 6.11. The van der Waals surface area contributed by atoms with Crippen LogP contribution >= 0.6 is 22.9 Å². The highest BCUT2D eigenvalue weighted by molar-refractivity contribution is 7.92. The molecule has 0 fully saturated rings. The third-order valence-electron chi connectivity index (χ3n) is 2.80. The number of rotatable bonds is 5. The van der Waals surface area contributed by atoms with Crippen LogP contribution in [0.2, 0.25) is 4.47 Å². The van der Waals surface area contributed by atoms with Gasteiger partial charge in [-0.25, -0.2) is 13.4 Å². The lowest BCUT2D eigenvalue weighted by atomic mass is 10.3. The summed E-state index contributed by atoms with van der Waals surface area (Å²) in [7, 11) is -3.21. The van der Waals surface area contributed by atoms with E-state index in [0.29, 0.717) is 15.9 Å². The maximum Gasteiger partial charge on any atom is 0.183 e. The van der Waals surface area contributed by atoms with Gasteiger partial charge < -0.3 is 5.32 Å². The van der Waals surface area contributed by atoms with Crippen molar-refractivity contribution in [1.29, 1.82) is 0 Å². The zero-order valence-electron chi connectivity index (χ0n) is 11.1. The fraction of sp³-hybridized carbons (Fsp3) is 0.308. The first-order valence-corrected chi connectivity index (χ1v) is 8.81. The van der Waals surface area contributed by atoms with Crippen molar-refractivity contribution >= 4 is 38.5 Å². The Morgan fingerprint density at radius 2 is 1.95 bits per heavy atom. The number of hydrogen-bond donors (Lipinski definition) is 1. The Hall–Kier alpha value is -1.11. The summed E-state index contributed by atoms with van der Waals surface area (Å²) in [4.78, 5) is 5.33. The first-order chi connectivity index (χ1) is 9.39. The van der Waals surface area contributed by atoms with Gasteiger partial charge in [-0.1, -0.05) is 11.6 Å². The molecule has 0 aliphatic heterocycles. The van der Waals surface area contributed by atoms with Gasteiger partial charge in [-0.2, -0.15) is 0 Å². The number of anilines is 1. The van der Waals surface area contributed by atoms with Crippen LogP contribution < -0.4 is 5.32 Å². The smallest absolute Gasteiger partial charge is 0.183 e. The van der Waals surface area contributed by atoms with Crippen LogP contribution in [0.15, 0.2) is 35.4 Å². The van der Waals surface area contributed by atoms with Gasteiger partial charge in [0.1, 0.15) is 0 Å². The number of halogens is 1. The van der Waals surface area contributed by atoms with E-state index in [0.717, 1.165) is 10.6 Å². The van der Waals surface area contributed by atoms with E-state index >= 15 is 0 Å². The molecule has 0 radical (unpaired) electrons. The average molecular weight is 331 g/mol. The molecule has 0 spiro atoms. The standard InChI is InChI=1S/C13H15ClN2O2S2/c1-9(2)20(17,18)12-5-3-10(4-6-12)15-7-11-8-16-13(14)19-11/h3-6,8-9,15H,7H2,1-2H3. The molecule has 4 nitrogen and oxygen atoms in total. The molecule has 7 heteroatoms. The minimum absolute atomic E-state index is 0.346. The lowest BCUT2D eigenvalue weighted by molar-refractivity contribution is 0.587. The molecule has 0 unspecified atom stereocenters. The van der Waals surface area contributed by atoms with E-state index in [1.165, 1.54) is 11.3 Å². The second-order valence-electron chi connectivity index (χ2n) is 4.55. The molecule has 0 aliphatic carbocycles. The lowest BCUT2D eigenvalue weighted by Crippen LogP contribution is -2.13. The number of sulfone groups is 1. The molecule has 0 aliphatic rings. The molecule has 1 heterocycles. The Balaban J connectivity index is 2.05. The van der Waals surface area contributed by atoms with Crippen molar-refractivity contribution in [3.05, 3.63) is 39.8 Å². The normalized spacial score (nSPS) is 11.8. The highest BCUT2D eigenvalue weighted by Crippen LogP contribution is 2.21. The van der Waals surface area contributed by atoms with Crippen LogP contribution in [0.4, 0.5) is 5.69 Å². The zero-order chi connectivity index (χ0) is 14.8. The molecule has 0 saturated heterocycles. The largest absolute Gasteiger partial charge is 0.380 e. The van der Waals surface area contributed by atoms with Crippen LogP contribution in [0.1, 0.15) is 18.7 Å². The Labute approximate surface area is 127 Å². The van der Waals surface area contributed by atoms with Crippen molar-refractivity contribution in [2.75, 3.05) is 5.32 Å². The zero-order valence-corrected chi connectivity index (χ0v) is 13.5. The topological polar surface area (TPSA) is 59.1 Å². The van der Waals surface area contributed by atoms with Crippen LogP contribution in [0.25, 0.3) is 0 Å². The van der Waals surface area contributed by atoms with Crippen LogP contribution in [0.5, 0.6) is 0 Å². The summed E-state index contributed by atoms with van der Waals surface area (Å²) in [5.41, 5.74) is 0.859. The predicted octanol–water partition coefficient (Wildman–Crippen LogP) is 3.59. The highest BCUT2D eigenvalue weighted by Gasteiger charge is 2.18. The SMILES string of the molecule is CC(C)S(=O)(=O)c1ccc(NCc2cnc(Cl)s2)cc1. The van der Waals surface area contributed by atoms with E-state index in [1.54, 1.807) is 44.3 Å². The number of nitrogens with one attached hydrogen (secondary N) is 1. The van der Waals surface area contributed by atoms with Crippen LogP contribution in [0, 0.1) is 0 Å². The van der Waals surface area contributed by atoms with Crippen LogP contribution in [-0.4, -0.2) is 18.7 Å². The van der Waals surface area contributed by atoms with Gasteiger partial charge in [-0.3, -0.25) is 0 Å². The molecule has 0 amide bonds. The van der Waals surface area contributed by atoms with Crippen molar-refractivity contribution in [3.63, 3.8) is 0 Å². The van der Waals surface area contributed by atoms with Gasteiger partial charge in [0.05, 0.1) is 16.7 Å². The van der Waals surface area contributed by atoms with Gasteiger partial charge in [0.2, 0.25) is 0 Å². The summed E-state index contributed by atoms with van der Waals surface area (Å²) < 4.78 is 24.5. The number of benzene rings is 1. The first kappa shape index (κ1) is 15.3. The molecule has 1 aromatic heterocycles. The Morgan fingerprint density at radius 1 is 1.30 bits per heavy atom. The third-order valence-corrected chi connectivity index (χ3v) is 6.08. The van der Waals surface area contributed by atoms with Gasteiger partial charge in [0.25, 0.3) is 0 Å². The van der Waals surface area contributed by atoms with E-state index < -0.39 is 15.1 Å². The van der Waals surface area contributed by atoms with Crippen LogP contribution in [-0.2, 0) is 16.4 Å². The Morgan fingerprint density at radius 3 is 2.45 bits per heavy atom. The summed E-state index contributed by atoms with van der Waals surface area (Å²) in [5.74, 6) is 0. The van der Waals surface area contributed by atoms with E-state index in [1.807, 2.05) is 0 Å². The molecule has 2 rings (SSSR count). The Bertz CT molecular complexity index is 679. The molecule has 1 N–H and O–H groups in total. The molecule has 0 bridgehead atoms. The summed E-state index contributed by atoms with van der Waals surface area (Å²) in [6.07, 6.45) is 1.72. The molecule has 20 heavy (non-hydrogen) atoms. The van der Waals surface area contributed by atoms with Crippen molar-refractivity contribution in [1.82, 2.24) is 4.98 Å². The summed E-state index contributed by atoms with van der Waals surface area (Å²) in [6.45, 7) is 3.96. The molecule has 2 aromatic rings. The molecular weight excluding hydrogens is 316 g/mol. The molecule has 108 valence electrons. The highest BCUT2D eigenvalue weighted by atomic mass is 35.5. The fourth-order valence-electron chi connectivity index (χ4n) is 1.59. The number of hydrogen-bond acceptors (Lipinski definition) is 5. The maximum absolute atomic E-state index is 12.0. The van der Waals surface area contributed by atoms with E-state index in [2.05, 4.69) is 10.3 Å². The minimum atomic E-state index is -3.21. The van der Waals surface area contributed by atoms with Crippen molar-refractivity contribution in [2.24, 2.45) is 0 Å². The van der Waals surface area contributed by atoms with Gasteiger partial charge in [-0.15, -0.1) is 11.3 Å². The molecule has 0 saturated carbocycles. The molecule has 1 aromatic carbocycles. The fourth-order valence-corrected chi connectivity index (χ4v) is 3.57. The van der Waals surface area contributed by atoms with E-state index in [4.69, 9.17) is 11.6 Å². The monoisotopic (exact) mass is 330 g/mol. The second-order valence-corrected chi connectivity index (χ2v) is 8.75. The maximum atomic E-state index is 12.0. The number of thiazole rings is 1. The Kier molecular flexibility index (Phi) is 4.67. The van der Waals surface area contributed by atoms with Gasteiger partial charge >= 0.3 is 0 Å². The van der Waals surface area contributed by atoms with Crippen molar-refractivity contribution in [3.8, 4) is 0 Å². The number of nitrogens with zero attached hydrogens (tertiary/aromatic N) is 1. The number of aromatic nitrogens is 1. The van der Waals surface area contributed by atoms with Gasteiger partial charge in [-0.05, 0) is 38.1 Å². The summed E-state index contributed by atoms with van der Waals surface area (Å²) in [6, 6.07) is 6.77. The van der Waals surface area contributed by atoms with Crippen LogP contribution in [0.3, 0.4) is 0 Å².